The first-order valence-corrected chi connectivity index (χ1v) is 7.97. The van der Waals surface area contributed by atoms with Gasteiger partial charge < -0.3 is 5.32 Å². The van der Waals surface area contributed by atoms with Crippen LogP contribution in [0.3, 0.4) is 0 Å². The van der Waals surface area contributed by atoms with Crippen molar-refractivity contribution in [1.29, 1.82) is 0 Å². The maximum absolute atomic E-state index is 4.76. The summed E-state index contributed by atoms with van der Waals surface area (Å²) >= 11 is 3.51. The molecule has 0 atom stereocenters. The molecule has 3 rings (SSSR count). The van der Waals surface area contributed by atoms with Gasteiger partial charge in [0, 0.05) is 27.8 Å². The van der Waals surface area contributed by atoms with E-state index >= 15 is 0 Å². The van der Waals surface area contributed by atoms with Gasteiger partial charge in [0.1, 0.15) is 5.82 Å². The Morgan fingerprint density at radius 1 is 1.25 bits per heavy atom. The molecule has 1 aromatic heterocycles. The van der Waals surface area contributed by atoms with Crippen molar-refractivity contribution in [3.05, 3.63) is 40.0 Å². The van der Waals surface area contributed by atoms with Crippen LogP contribution in [0, 0.1) is 0 Å². The number of nitrogens with one attached hydrogen (secondary N) is 1. The smallest absolute Gasteiger partial charge is 0.161 e. The van der Waals surface area contributed by atoms with Gasteiger partial charge in [-0.2, -0.15) is 0 Å². The lowest BCUT2D eigenvalue weighted by atomic mass is 10.2. The van der Waals surface area contributed by atoms with Crippen LogP contribution in [-0.4, -0.2) is 16.5 Å². The highest BCUT2D eigenvalue weighted by atomic mass is 79.9. The van der Waals surface area contributed by atoms with Crippen molar-refractivity contribution < 1.29 is 0 Å². The van der Waals surface area contributed by atoms with E-state index < -0.39 is 0 Å². The molecule has 0 unspecified atom stereocenters. The molecule has 1 heterocycles. The molecular weight excluding hydrogens is 314 g/mol. The van der Waals surface area contributed by atoms with Gasteiger partial charge in [0.2, 0.25) is 0 Å². The Balaban J connectivity index is 2.04. The van der Waals surface area contributed by atoms with Crippen LogP contribution in [0.15, 0.2) is 28.7 Å². The summed E-state index contributed by atoms with van der Waals surface area (Å²) in [6.07, 6.45) is 4.46. The lowest BCUT2D eigenvalue weighted by molar-refractivity contribution is 0.899. The first kappa shape index (κ1) is 13.6. The molecule has 3 nitrogen and oxygen atoms in total. The van der Waals surface area contributed by atoms with Crippen LogP contribution in [0.1, 0.15) is 31.0 Å². The second kappa shape index (κ2) is 5.92. The molecular formula is C16H18BrN3. The third-order valence-electron chi connectivity index (χ3n) is 3.56. The van der Waals surface area contributed by atoms with Crippen molar-refractivity contribution >= 4 is 21.7 Å². The average Bonchev–Trinajstić information content (AvgIpc) is 2.93. The van der Waals surface area contributed by atoms with Crippen LogP contribution in [0.4, 0.5) is 5.82 Å². The number of anilines is 1. The number of hydrogen-bond donors (Lipinski definition) is 1. The highest BCUT2D eigenvalue weighted by Gasteiger charge is 2.19. The Kier molecular flexibility index (Phi) is 4.01. The van der Waals surface area contributed by atoms with E-state index in [4.69, 9.17) is 9.97 Å². The predicted octanol–water partition coefficient (Wildman–Crippen LogP) is 4.22. The molecule has 1 aliphatic carbocycles. The fourth-order valence-electron chi connectivity index (χ4n) is 2.58. The quantitative estimate of drug-likeness (QED) is 0.911. The molecule has 1 aliphatic rings. The van der Waals surface area contributed by atoms with E-state index in [0.717, 1.165) is 47.5 Å². The van der Waals surface area contributed by atoms with Crippen molar-refractivity contribution in [1.82, 2.24) is 9.97 Å². The monoisotopic (exact) mass is 331 g/mol. The van der Waals surface area contributed by atoms with Gasteiger partial charge in [0.25, 0.3) is 0 Å². The van der Waals surface area contributed by atoms with Crippen molar-refractivity contribution in [3.63, 3.8) is 0 Å². The van der Waals surface area contributed by atoms with Crippen LogP contribution in [-0.2, 0) is 12.8 Å². The maximum atomic E-state index is 4.76. The molecule has 0 aliphatic heterocycles. The van der Waals surface area contributed by atoms with Gasteiger partial charge in [0.15, 0.2) is 5.82 Å². The van der Waals surface area contributed by atoms with Crippen molar-refractivity contribution in [2.24, 2.45) is 0 Å². The zero-order valence-electron chi connectivity index (χ0n) is 11.6. The van der Waals surface area contributed by atoms with E-state index in [1.54, 1.807) is 0 Å². The van der Waals surface area contributed by atoms with E-state index in [2.05, 4.69) is 40.3 Å². The molecule has 0 saturated heterocycles. The summed E-state index contributed by atoms with van der Waals surface area (Å²) in [6.45, 7) is 3.13. The number of aryl methyl sites for hydroxylation is 1. The molecule has 0 bridgehead atoms. The van der Waals surface area contributed by atoms with Gasteiger partial charge in [-0.3, -0.25) is 0 Å². The number of fused-ring (bicyclic) bond motifs is 1. The number of benzene rings is 1. The Morgan fingerprint density at radius 2 is 2.15 bits per heavy atom. The van der Waals surface area contributed by atoms with Crippen molar-refractivity contribution in [3.8, 4) is 11.4 Å². The maximum Gasteiger partial charge on any atom is 0.161 e. The molecule has 0 radical (unpaired) electrons. The van der Waals surface area contributed by atoms with Crippen LogP contribution >= 0.6 is 15.9 Å². The van der Waals surface area contributed by atoms with Gasteiger partial charge in [-0.1, -0.05) is 35.0 Å². The van der Waals surface area contributed by atoms with Crippen LogP contribution in [0.5, 0.6) is 0 Å². The SMILES string of the molecule is CCCNc1nc(-c2cccc(Br)c2)nc2c1CCC2. The summed E-state index contributed by atoms with van der Waals surface area (Å²) in [5, 5.41) is 3.46. The van der Waals surface area contributed by atoms with Gasteiger partial charge in [-0.15, -0.1) is 0 Å². The molecule has 1 aromatic carbocycles. The number of hydrogen-bond acceptors (Lipinski definition) is 3. The zero-order valence-corrected chi connectivity index (χ0v) is 13.2. The van der Waals surface area contributed by atoms with Gasteiger partial charge in [-0.05, 0) is 37.8 Å². The third kappa shape index (κ3) is 2.70. The lowest BCUT2D eigenvalue weighted by Crippen LogP contribution is -2.08. The van der Waals surface area contributed by atoms with Crippen molar-refractivity contribution in [2.45, 2.75) is 32.6 Å². The Hall–Kier alpha value is -1.42. The molecule has 4 heteroatoms. The van der Waals surface area contributed by atoms with Gasteiger partial charge in [0.05, 0.1) is 0 Å². The topological polar surface area (TPSA) is 37.8 Å². The largest absolute Gasteiger partial charge is 0.370 e. The molecule has 104 valence electrons. The second-order valence-corrected chi connectivity index (χ2v) is 6.03. The van der Waals surface area contributed by atoms with E-state index in [0.29, 0.717) is 0 Å². The fourth-order valence-corrected chi connectivity index (χ4v) is 2.98. The summed E-state index contributed by atoms with van der Waals surface area (Å²) < 4.78 is 1.06. The molecule has 0 amide bonds. The summed E-state index contributed by atoms with van der Waals surface area (Å²) in [5.41, 5.74) is 3.60. The van der Waals surface area contributed by atoms with E-state index in [9.17, 15) is 0 Å². The second-order valence-electron chi connectivity index (χ2n) is 5.11. The van der Waals surface area contributed by atoms with E-state index in [1.807, 2.05) is 12.1 Å². The Morgan fingerprint density at radius 3 is 2.95 bits per heavy atom. The standard InChI is InChI=1S/C16H18BrN3/c1-2-9-18-16-13-7-4-8-14(13)19-15(20-16)11-5-3-6-12(17)10-11/h3,5-6,10H,2,4,7-9H2,1H3,(H,18,19,20). The zero-order chi connectivity index (χ0) is 13.9. The number of rotatable bonds is 4. The average molecular weight is 332 g/mol. The van der Waals surface area contributed by atoms with E-state index in [1.165, 1.54) is 17.7 Å². The summed E-state index contributed by atoms with van der Waals surface area (Å²) in [6, 6.07) is 8.17. The first-order valence-electron chi connectivity index (χ1n) is 7.17. The minimum atomic E-state index is 0.825. The highest BCUT2D eigenvalue weighted by molar-refractivity contribution is 9.10. The van der Waals surface area contributed by atoms with Gasteiger partial charge in [-0.25, -0.2) is 9.97 Å². The summed E-state index contributed by atoms with van der Waals surface area (Å²) in [7, 11) is 0. The number of nitrogens with zero attached hydrogens (tertiary/aromatic N) is 2. The molecule has 0 saturated carbocycles. The summed E-state index contributed by atoms with van der Waals surface area (Å²) in [4.78, 5) is 9.51. The Bertz CT molecular complexity index is 625. The Labute approximate surface area is 128 Å². The minimum Gasteiger partial charge on any atom is -0.370 e. The normalized spacial score (nSPS) is 13.3. The minimum absolute atomic E-state index is 0.825. The number of halogens is 1. The number of aromatic nitrogens is 2. The fraction of sp³-hybridized carbons (Fsp3) is 0.375. The lowest BCUT2D eigenvalue weighted by Gasteiger charge is -2.11. The van der Waals surface area contributed by atoms with Gasteiger partial charge >= 0.3 is 0 Å². The highest BCUT2D eigenvalue weighted by Crippen LogP contribution is 2.29. The molecule has 2 aromatic rings. The van der Waals surface area contributed by atoms with Crippen LogP contribution in [0.25, 0.3) is 11.4 Å². The van der Waals surface area contributed by atoms with Crippen molar-refractivity contribution in [2.75, 3.05) is 11.9 Å². The third-order valence-corrected chi connectivity index (χ3v) is 4.05. The van der Waals surface area contributed by atoms with E-state index in [-0.39, 0.29) is 0 Å². The van der Waals surface area contributed by atoms with Crippen LogP contribution in [0.2, 0.25) is 0 Å². The molecule has 0 spiro atoms. The summed E-state index contributed by atoms with van der Waals surface area (Å²) in [5.74, 6) is 1.86. The van der Waals surface area contributed by atoms with Crippen LogP contribution < -0.4 is 5.32 Å². The molecule has 1 N–H and O–H groups in total. The molecule has 20 heavy (non-hydrogen) atoms. The molecule has 0 fully saturated rings. The first-order chi connectivity index (χ1) is 9.78. The predicted molar refractivity (Wildman–Crippen MR) is 86.0 cm³/mol.